The molecule has 1 saturated heterocycles. The molecule has 3 aromatic rings. The lowest BCUT2D eigenvalue weighted by molar-refractivity contribution is -0.131. The Bertz CT molecular complexity index is 1270. The van der Waals surface area contributed by atoms with Gasteiger partial charge >= 0.3 is 0 Å². The van der Waals surface area contributed by atoms with Crippen molar-refractivity contribution in [3.05, 3.63) is 46.5 Å². The number of carbonyl (C=O) groups is 1. The summed E-state index contributed by atoms with van der Waals surface area (Å²) in [7, 11) is 2.74. The molecule has 35 heavy (non-hydrogen) atoms. The zero-order valence-corrected chi connectivity index (χ0v) is 20.0. The van der Waals surface area contributed by atoms with E-state index in [4.69, 9.17) is 32.5 Å². The van der Waals surface area contributed by atoms with Crippen molar-refractivity contribution < 1.29 is 23.0 Å². The second-order valence-corrected chi connectivity index (χ2v) is 8.49. The van der Waals surface area contributed by atoms with Crippen LogP contribution in [0.4, 0.5) is 20.5 Å². The summed E-state index contributed by atoms with van der Waals surface area (Å²) >= 11 is 5.82. The molecule has 1 atom stereocenters. The van der Waals surface area contributed by atoms with Crippen molar-refractivity contribution in [2.24, 2.45) is 5.73 Å². The van der Waals surface area contributed by atoms with Gasteiger partial charge in [0.05, 0.1) is 19.2 Å². The number of hydrogen-bond donors (Lipinski definition) is 2. The lowest BCUT2D eigenvalue weighted by Crippen LogP contribution is -2.49. The number of aromatic nitrogens is 2. The number of anilines is 2. The number of methoxy groups -OCH3 is 2. The molecule has 0 unspecified atom stereocenters. The Balaban J connectivity index is 1.46. The van der Waals surface area contributed by atoms with E-state index in [-0.39, 0.29) is 46.1 Å². The van der Waals surface area contributed by atoms with Crippen LogP contribution in [0, 0.1) is 11.6 Å². The number of ether oxygens (including phenoxy) is 2. The minimum absolute atomic E-state index is 0.0209. The van der Waals surface area contributed by atoms with Gasteiger partial charge in [0.25, 0.3) is 0 Å². The Morgan fingerprint density at radius 2 is 1.86 bits per heavy atom. The van der Waals surface area contributed by atoms with Crippen LogP contribution in [0.1, 0.15) is 18.0 Å². The van der Waals surface area contributed by atoms with E-state index in [1.54, 1.807) is 4.90 Å². The summed E-state index contributed by atoms with van der Waals surface area (Å²) in [4.78, 5) is 25.0. The number of piperazine rings is 1. The summed E-state index contributed by atoms with van der Waals surface area (Å²) in [6.07, 6.45) is 0.0498. The molecule has 0 spiro atoms. The minimum atomic E-state index is -0.694. The van der Waals surface area contributed by atoms with Crippen LogP contribution in [0.5, 0.6) is 11.5 Å². The normalized spacial score (nSPS) is 14.8. The quantitative estimate of drug-likeness (QED) is 0.523. The fourth-order valence-electron chi connectivity index (χ4n) is 4.01. The number of benzene rings is 2. The summed E-state index contributed by atoms with van der Waals surface area (Å²) in [5.41, 5.74) is 12.8. The van der Waals surface area contributed by atoms with Crippen molar-refractivity contribution in [2.75, 3.05) is 51.0 Å². The molecule has 12 heteroatoms. The average Bonchev–Trinajstić information content (AvgIpc) is 2.85. The summed E-state index contributed by atoms with van der Waals surface area (Å²) in [6.45, 7) is 1.63. The number of carbonyl (C=O) groups excluding carboxylic acids is 1. The van der Waals surface area contributed by atoms with Crippen LogP contribution in [0.25, 0.3) is 10.9 Å². The van der Waals surface area contributed by atoms with E-state index in [1.807, 2.05) is 4.90 Å². The van der Waals surface area contributed by atoms with Gasteiger partial charge in [-0.2, -0.15) is 4.98 Å². The molecule has 0 radical (unpaired) electrons. The van der Waals surface area contributed by atoms with Crippen molar-refractivity contribution >= 4 is 40.2 Å². The number of nitrogen functional groups attached to an aromatic ring is 1. The SMILES string of the molecule is COc1cc2c(N)nc(N3CCN(C(=O)C[C@@H](N)c4ccc(F)c(Cl)c4)CC3)nc2c(F)c1OC. The fraction of sp³-hybridized carbons (Fsp3) is 0.348. The van der Waals surface area contributed by atoms with Gasteiger partial charge in [0, 0.05) is 44.0 Å². The molecule has 1 aliphatic heterocycles. The Kier molecular flexibility index (Phi) is 7.08. The predicted octanol–water partition coefficient (Wildman–Crippen LogP) is 2.90. The summed E-state index contributed by atoms with van der Waals surface area (Å²) in [6, 6.07) is 5.09. The van der Waals surface area contributed by atoms with Crippen molar-refractivity contribution in [2.45, 2.75) is 12.5 Å². The molecule has 1 aliphatic rings. The highest BCUT2D eigenvalue weighted by Crippen LogP contribution is 2.37. The smallest absolute Gasteiger partial charge is 0.228 e. The van der Waals surface area contributed by atoms with Gasteiger partial charge in [0.15, 0.2) is 17.3 Å². The molecule has 2 heterocycles. The Hall–Kier alpha value is -3.44. The molecule has 0 aliphatic carbocycles. The van der Waals surface area contributed by atoms with E-state index in [9.17, 15) is 9.18 Å². The average molecular weight is 507 g/mol. The summed E-state index contributed by atoms with van der Waals surface area (Å²) in [5, 5.41) is 0.272. The topological polar surface area (TPSA) is 120 Å². The molecule has 1 fully saturated rings. The van der Waals surface area contributed by atoms with Crippen LogP contribution in [-0.4, -0.2) is 61.2 Å². The van der Waals surface area contributed by atoms with Crippen molar-refractivity contribution in [3.63, 3.8) is 0 Å². The highest BCUT2D eigenvalue weighted by Gasteiger charge is 2.26. The van der Waals surface area contributed by atoms with Crippen molar-refractivity contribution in [1.29, 1.82) is 0 Å². The van der Waals surface area contributed by atoms with Gasteiger partial charge in [-0.25, -0.2) is 13.8 Å². The fourth-order valence-corrected chi connectivity index (χ4v) is 4.20. The number of rotatable bonds is 6. The first-order chi connectivity index (χ1) is 16.7. The zero-order valence-electron chi connectivity index (χ0n) is 19.2. The number of fused-ring (bicyclic) bond motifs is 1. The molecule has 4 rings (SSSR count). The standard InChI is InChI=1S/C23H25ClF2N6O3/c1-34-17-10-13-20(19(26)21(17)35-2)29-23(30-22(13)28)32-7-5-31(6-8-32)18(33)11-16(27)12-3-4-15(25)14(24)9-12/h3-4,9-10,16H,5-8,11,27H2,1-2H3,(H2,28,29,30)/t16-/m1/s1. The Morgan fingerprint density at radius 3 is 2.49 bits per heavy atom. The van der Waals surface area contributed by atoms with E-state index < -0.39 is 17.7 Å². The van der Waals surface area contributed by atoms with E-state index in [0.717, 1.165) is 0 Å². The third-order valence-electron chi connectivity index (χ3n) is 5.98. The highest BCUT2D eigenvalue weighted by molar-refractivity contribution is 6.30. The molecule has 0 bridgehead atoms. The molecule has 4 N–H and O–H groups in total. The maximum Gasteiger partial charge on any atom is 0.228 e. The van der Waals surface area contributed by atoms with Gasteiger partial charge in [-0.05, 0) is 23.8 Å². The molecule has 186 valence electrons. The first-order valence-electron chi connectivity index (χ1n) is 10.8. The first-order valence-corrected chi connectivity index (χ1v) is 11.2. The molecule has 9 nitrogen and oxygen atoms in total. The second kappa shape index (κ2) is 10.0. The van der Waals surface area contributed by atoms with Crippen LogP contribution in [0.3, 0.4) is 0 Å². The molecular formula is C23H25ClF2N6O3. The molecular weight excluding hydrogens is 482 g/mol. The van der Waals surface area contributed by atoms with Gasteiger partial charge in [0.1, 0.15) is 17.2 Å². The number of hydrogen-bond acceptors (Lipinski definition) is 8. The maximum atomic E-state index is 15.1. The molecule has 0 saturated carbocycles. The lowest BCUT2D eigenvalue weighted by atomic mass is 10.0. The van der Waals surface area contributed by atoms with Crippen LogP contribution in [0.15, 0.2) is 24.3 Å². The van der Waals surface area contributed by atoms with Crippen LogP contribution < -0.4 is 25.8 Å². The molecule has 1 aromatic heterocycles. The number of halogens is 3. The van der Waals surface area contributed by atoms with Gasteiger partial charge in [-0.15, -0.1) is 0 Å². The van der Waals surface area contributed by atoms with Crippen molar-refractivity contribution in [1.82, 2.24) is 14.9 Å². The molecule has 1 amide bonds. The number of nitrogens with two attached hydrogens (primary N) is 2. The van der Waals surface area contributed by atoms with Crippen molar-refractivity contribution in [3.8, 4) is 11.5 Å². The van der Waals surface area contributed by atoms with E-state index in [0.29, 0.717) is 37.1 Å². The number of nitrogens with zero attached hydrogens (tertiary/aromatic N) is 4. The lowest BCUT2D eigenvalue weighted by Gasteiger charge is -2.35. The third-order valence-corrected chi connectivity index (χ3v) is 6.27. The minimum Gasteiger partial charge on any atom is -0.493 e. The highest BCUT2D eigenvalue weighted by atomic mass is 35.5. The van der Waals surface area contributed by atoms with Gasteiger partial charge < -0.3 is 30.7 Å². The van der Waals surface area contributed by atoms with Gasteiger partial charge in [0.2, 0.25) is 11.9 Å². The van der Waals surface area contributed by atoms with E-state index in [1.165, 1.54) is 38.5 Å². The van der Waals surface area contributed by atoms with Crippen LogP contribution in [0.2, 0.25) is 5.02 Å². The van der Waals surface area contributed by atoms with Gasteiger partial charge in [-0.1, -0.05) is 17.7 Å². The molecule has 2 aromatic carbocycles. The third kappa shape index (κ3) is 4.87. The van der Waals surface area contributed by atoms with E-state index >= 15 is 4.39 Å². The Labute approximate surface area is 205 Å². The van der Waals surface area contributed by atoms with E-state index in [2.05, 4.69) is 9.97 Å². The number of amides is 1. The summed E-state index contributed by atoms with van der Waals surface area (Å²) in [5.74, 6) is -0.899. The maximum absolute atomic E-state index is 15.1. The predicted molar refractivity (Wildman–Crippen MR) is 129 cm³/mol. The van der Waals surface area contributed by atoms with Crippen LogP contribution in [-0.2, 0) is 4.79 Å². The Morgan fingerprint density at radius 1 is 1.14 bits per heavy atom. The largest absolute Gasteiger partial charge is 0.493 e. The second-order valence-electron chi connectivity index (χ2n) is 8.08. The van der Waals surface area contributed by atoms with Crippen LogP contribution >= 0.6 is 11.6 Å². The first kappa shape index (κ1) is 24.7. The summed E-state index contributed by atoms with van der Waals surface area (Å²) < 4.78 is 38.7. The zero-order chi connectivity index (χ0) is 25.3. The van der Waals surface area contributed by atoms with Gasteiger partial charge in [-0.3, -0.25) is 4.79 Å². The monoisotopic (exact) mass is 506 g/mol.